The fraction of sp³-hybridized carbons (Fsp3) is 0. The molecule has 0 saturated carbocycles. The number of hydrogen-bond acceptors (Lipinski definition) is 2. The van der Waals surface area contributed by atoms with Crippen molar-refractivity contribution in [2.45, 2.75) is 0 Å². The highest BCUT2D eigenvalue weighted by Crippen LogP contribution is 2.45. The lowest BCUT2D eigenvalue weighted by atomic mass is 9.97. The normalized spacial score (nSPS) is 12.4. The molecule has 9 aromatic carbocycles. The Morgan fingerprint density at radius 2 is 0.967 bits per heavy atom. The standard InChI is InChI=1S/C55H31N3O2/c59-55-42-18-5-4-15-35(42)38-20-10-22-43-50-34(19-11-25-47(50)58(55)51(38)43)32-27-30-49-44(31-32)41-21-12-26-48(54(41)60-49)57-46-24-9-7-17-37(46)40-29-28-39-36-16-6-8-23-45(36)56(52(39)53(40)57)33-13-2-1-3-14-33/h1-31H. The number of rotatable bonds is 3. The Morgan fingerprint density at radius 1 is 0.383 bits per heavy atom. The first-order valence-corrected chi connectivity index (χ1v) is 20.4. The maximum absolute atomic E-state index is 14.2. The fourth-order valence-electron chi connectivity index (χ4n) is 10.5. The first kappa shape index (κ1) is 31.9. The molecule has 0 atom stereocenters. The van der Waals surface area contributed by atoms with E-state index in [1.165, 1.54) is 27.1 Å². The molecule has 0 unspecified atom stereocenters. The zero-order chi connectivity index (χ0) is 39.2. The minimum atomic E-state index is 0.0109. The van der Waals surface area contributed by atoms with Gasteiger partial charge in [0, 0.05) is 59.5 Å². The third-order valence-corrected chi connectivity index (χ3v) is 13.0. The third-order valence-electron chi connectivity index (χ3n) is 13.0. The van der Waals surface area contributed by atoms with Crippen LogP contribution in [-0.2, 0) is 0 Å². The van der Waals surface area contributed by atoms with Gasteiger partial charge in [0.25, 0.3) is 5.56 Å². The Kier molecular flexibility index (Phi) is 6.11. The molecule has 0 amide bonds. The number of fused-ring (bicyclic) bond motifs is 15. The van der Waals surface area contributed by atoms with Crippen molar-refractivity contribution >= 4 is 104 Å². The van der Waals surface area contributed by atoms with Gasteiger partial charge in [-0.25, -0.2) is 0 Å². The summed E-state index contributed by atoms with van der Waals surface area (Å²) in [4.78, 5) is 14.2. The minimum absolute atomic E-state index is 0.0109. The van der Waals surface area contributed by atoms with Gasteiger partial charge in [-0.3, -0.25) is 9.20 Å². The summed E-state index contributed by atoms with van der Waals surface area (Å²) in [5, 5.41) is 11.8. The summed E-state index contributed by atoms with van der Waals surface area (Å²) in [5.41, 5.74) is 12.4. The van der Waals surface area contributed by atoms with Crippen molar-refractivity contribution in [2.75, 3.05) is 0 Å². The molecule has 60 heavy (non-hydrogen) atoms. The molecule has 5 heterocycles. The summed E-state index contributed by atoms with van der Waals surface area (Å²) >= 11 is 0. The summed E-state index contributed by atoms with van der Waals surface area (Å²) in [7, 11) is 0. The van der Waals surface area contributed by atoms with Gasteiger partial charge in [0.2, 0.25) is 0 Å². The first-order valence-electron chi connectivity index (χ1n) is 20.4. The molecule has 0 fully saturated rings. The van der Waals surface area contributed by atoms with E-state index in [2.05, 4.69) is 179 Å². The van der Waals surface area contributed by atoms with E-state index in [1.807, 2.05) is 22.6 Å². The van der Waals surface area contributed by atoms with Gasteiger partial charge in [-0.1, -0.05) is 133 Å². The Morgan fingerprint density at radius 3 is 1.77 bits per heavy atom. The smallest absolute Gasteiger partial charge is 0.263 e. The van der Waals surface area contributed by atoms with Crippen LogP contribution in [0.1, 0.15) is 0 Å². The van der Waals surface area contributed by atoms with Crippen LogP contribution in [-0.4, -0.2) is 13.5 Å². The molecular formula is C55H31N3O2. The first-order chi connectivity index (χ1) is 29.7. The number of hydrogen-bond donors (Lipinski definition) is 0. The van der Waals surface area contributed by atoms with E-state index in [0.29, 0.717) is 0 Å². The van der Waals surface area contributed by atoms with E-state index in [4.69, 9.17) is 4.42 Å². The summed E-state index contributed by atoms with van der Waals surface area (Å²) in [5.74, 6) is 0. The van der Waals surface area contributed by atoms with Gasteiger partial charge in [-0.2, -0.15) is 0 Å². The summed E-state index contributed by atoms with van der Waals surface area (Å²) in [6.45, 7) is 0. The van der Waals surface area contributed by atoms with E-state index in [0.717, 1.165) is 99.0 Å². The van der Waals surface area contributed by atoms with Gasteiger partial charge in [0.05, 0.1) is 38.8 Å². The van der Waals surface area contributed by atoms with E-state index >= 15 is 0 Å². The van der Waals surface area contributed by atoms with Crippen LogP contribution in [0.15, 0.2) is 197 Å². The number of nitrogens with zero attached hydrogens (tertiary/aromatic N) is 3. The molecule has 5 nitrogen and oxygen atoms in total. The molecule has 0 spiro atoms. The largest absolute Gasteiger partial charge is 0.454 e. The van der Waals surface area contributed by atoms with Gasteiger partial charge in [-0.05, 0) is 71.1 Å². The minimum Gasteiger partial charge on any atom is -0.454 e. The van der Waals surface area contributed by atoms with Crippen LogP contribution in [0.2, 0.25) is 0 Å². The van der Waals surface area contributed by atoms with Gasteiger partial charge in [0.1, 0.15) is 5.58 Å². The zero-order valence-corrected chi connectivity index (χ0v) is 32.1. The molecule has 0 bridgehead atoms. The predicted molar refractivity (Wildman–Crippen MR) is 249 cm³/mol. The molecule has 5 aromatic heterocycles. The highest BCUT2D eigenvalue weighted by molar-refractivity contribution is 6.26. The summed E-state index contributed by atoms with van der Waals surface area (Å²) in [6.07, 6.45) is 0. The number of para-hydroxylation sites is 5. The molecular weight excluding hydrogens is 735 g/mol. The van der Waals surface area contributed by atoms with E-state index in [9.17, 15) is 4.79 Å². The second kappa shape index (κ2) is 11.5. The molecule has 14 rings (SSSR count). The van der Waals surface area contributed by atoms with E-state index in [-0.39, 0.29) is 5.56 Å². The summed E-state index contributed by atoms with van der Waals surface area (Å²) in [6, 6.07) is 66.4. The average Bonchev–Trinajstić information content (AvgIpc) is 4.05. The van der Waals surface area contributed by atoms with Crippen LogP contribution in [0.3, 0.4) is 0 Å². The Balaban J connectivity index is 1.06. The molecule has 0 saturated heterocycles. The Labute approximate surface area is 341 Å². The molecule has 278 valence electrons. The van der Waals surface area contributed by atoms with Crippen molar-refractivity contribution < 1.29 is 4.42 Å². The molecule has 0 N–H and O–H groups in total. The lowest BCUT2D eigenvalue weighted by molar-refractivity contribution is 0.666. The number of aromatic nitrogens is 3. The highest BCUT2D eigenvalue weighted by atomic mass is 16.3. The second-order valence-corrected chi connectivity index (χ2v) is 16.0. The van der Waals surface area contributed by atoms with Gasteiger partial charge < -0.3 is 13.6 Å². The maximum Gasteiger partial charge on any atom is 0.263 e. The van der Waals surface area contributed by atoms with Crippen molar-refractivity contribution in [1.29, 1.82) is 0 Å². The molecule has 0 radical (unpaired) electrons. The second-order valence-electron chi connectivity index (χ2n) is 16.0. The summed E-state index contributed by atoms with van der Waals surface area (Å²) < 4.78 is 13.7. The van der Waals surface area contributed by atoms with Crippen molar-refractivity contribution in [3.63, 3.8) is 0 Å². The van der Waals surface area contributed by atoms with E-state index in [1.54, 1.807) is 0 Å². The Hall–Kier alpha value is -8.15. The number of pyridine rings is 1. The van der Waals surface area contributed by atoms with Crippen molar-refractivity contribution in [3.05, 3.63) is 198 Å². The number of furan rings is 1. The van der Waals surface area contributed by atoms with Gasteiger partial charge in [-0.15, -0.1) is 0 Å². The lowest BCUT2D eigenvalue weighted by Crippen LogP contribution is -2.12. The highest BCUT2D eigenvalue weighted by Gasteiger charge is 2.24. The average molecular weight is 766 g/mol. The monoisotopic (exact) mass is 765 g/mol. The Bertz CT molecular complexity index is 4200. The van der Waals surface area contributed by atoms with Crippen LogP contribution in [0.25, 0.3) is 126 Å². The predicted octanol–water partition coefficient (Wildman–Crippen LogP) is 14.0. The number of benzene rings is 9. The van der Waals surface area contributed by atoms with Crippen molar-refractivity contribution in [1.82, 2.24) is 13.5 Å². The molecule has 0 aliphatic rings. The molecule has 0 aliphatic heterocycles. The van der Waals surface area contributed by atoms with Crippen LogP contribution in [0, 0.1) is 0 Å². The van der Waals surface area contributed by atoms with Crippen LogP contribution >= 0.6 is 0 Å². The fourth-order valence-corrected chi connectivity index (χ4v) is 10.5. The van der Waals surface area contributed by atoms with Gasteiger partial charge in [0.15, 0.2) is 5.58 Å². The molecule has 5 heteroatoms. The van der Waals surface area contributed by atoms with Gasteiger partial charge >= 0.3 is 0 Å². The quantitative estimate of drug-likeness (QED) is 0.168. The lowest BCUT2D eigenvalue weighted by Gasteiger charge is -2.12. The SMILES string of the molecule is O=c1c2ccccc2c2cccc3c4c(-c5ccc6oc7c(-n8c9ccccc9c9ccc%10c%11ccccc%11n(-c%11ccccc%11)c%10c98)cccc7c6c5)cccc4n1c23. The van der Waals surface area contributed by atoms with Crippen LogP contribution < -0.4 is 5.56 Å². The molecule has 0 aliphatic carbocycles. The maximum atomic E-state index is 14.2. The molecule has 14 aromatic rings. The van der Waals surface area contributed by atoms with Crippen LogP contribution in [0.5, 0.6) is 0 Å². The zero-order valence-electron chi connectivity index (χ0n) is 32.1. The van der Waals surface area contributed by atoms with E-state index < -0.39 is 0 Å². The van der Waals surface area contributed by atoms with Crippen molar-refractivity contribution in [2.24, 2.45) is 0 Å². The topological polar surface area (TPSA) is 44.5 Å². The van der Waals surface area contributed by atoms with Crippen molar-refractivity contribution in [3.8, 4) is 22.5 Å². The third kappa shape index (κ3) is 3.98. The van der Waals surface area contributed by atoms with Crippen LogP contribution in [0.4, 0.5) is 0 Å².